The highest BCUT2D eigenvalue weighted by Gasteiger charge is 2.49. The molecule has 1 fully saturated rings. The van der Waals surface area contributed by atoms with Crippen LogP contribution in [0.4, 0.5) is 4.79 Å². The summed E-state index contributed by atoms with van der Waals surface area (Å²) in [4.78, 5) is 41.6. The third-order valence-corrected chi connectivity index (χ3v) is 5.81. The molecule has 6 nitrogen and oxygen atoms in total. The summed E-state index contributed by atoms with van der Waals surface area (Å²) in [5.41, 5.74) is -0.525. The van der Waals surface area contributed by atoms with E-state index in [-0.39, 0.29) is 12.5 Å². The molecule has 2 aromatic rings. The van der Waals surface area contributed by atoms with E-state index in [1.807, 2.05) is 12.1 Å². The lowest BCUT2D eigenvalue weighted by atomic mass is 9.92. The zero-order chi connectivity index (χ0) is 20.3. The van der Waals surface area contributed by atoms with Gasteiger partial charge in [-0.2, -0.15) is 0 Å². The standard InChI is InChI=1S/C20H20ClN3O3S/c1-3-11-23(12-15-9-10-16(21)28-15)17(25)13-24-18(26)20(2,22-19(24)27)14-7-5-4-6-8-14/h3-10H,1,11-13H2,2H3,(H,22,27)/t20-/m0/s1. The molecule has 28 heavy (non-hydrogen) atoms. The Hall–Kier alpha value is -2.64. The summed E-state index contributed by atoms with van der Waals surface area (Å²) >= 11 is 7.33. The minimum atomic E-state index is -1.19. The molecule has 1 atom stereocenters. The molecular weight excluding hydrogens is 398 g/mol. The first-order valence-electron chi connectivity index (χ1n) is 8.67. The van der Waals surface area contributed by atoms with Gasteiger partial charge in [-0.05, 0) is 24.6 Å². The van der Waals surface area contributed by atoms with Crippen LogP contribution < -0.4 is 5.32 Å². The topological polar surface area (TPSA) is 69.7 Å². The average molecular weight is 418 g/mol. The van der Waals surface area contributed by atoms with E-state index in [2.05, 4.69) is 11.9 Å². The quantitative estimate of drug-likeness (QED) is 0.554. The van der Waals surface area contributed by atoms with Gasteiger partial charge in [0, 0.05) is 11.4 Å². The van der Waals surface area contributed by atoms with Gasteiger partial charge in [-0.1, -0.05) is 48.0 Å². The molecule has 1 N–H and O–H groups in total. The van der Waals surface area contributed by atoms with Crippen molar-refractivity contribution in [3.63, 3.8) is 0 Å². The summed E-state index contributed by atoms with van der Waals surface area (Å²) in [6, 6.07) is 12.0. The summed E-state index contributed by atoms with van der Waals surface area (Å²) in [7, 11) is 0. The Bertz CT molecular complexity index is 914. The molecule has 146 valence electrons. The van der Waals surface area contributed by atoms with Gasteiger partial charge in [0.2, 0.25) is 5.91 Å². The molecule has 0 aliphatic carbocycles. The first-order chi connectivity index (χ1) is 13.3. The van der Waals surface area contributed by atoms with E-state index in [4.69, 9.17) is 11.6 Å². The van der Waals surface area contributed by atoms with Crippen molar-refractivity contribution >= 4 is 40.8 Å². The molecule has 1 aliphatic heterocycles. The Kier molecular flexibility index (Phi) is 5.86. The number of nitrogens with zero attached hydrogens (tertiary/aromatic N) is 2. The predicted molar refractivity (Wildman–Crippen MR) is 109 cm³/mol. The van der Waals surface area contributed by atoms with Crippen LogP contribution in [0.1, 0.15) is 17.4 Å². The third-order valence-electron chi connectivity index (χ3n) is 4.60. The number of amides is 4. The fraction of sp³-hybridized carbons (Fsp3) is 0.250. The molecule has 0 spiro atoms. The molecule has 1 aliphatic rings. The smallest absolute Gasteiger partial charge is 0.325 e. The number of nitrogens with one attached hydrogen (secondary N) is 1. The van der Waals surface area contributed by atoms with Crippen LogP contribution in [0.25, 0.3) is 0 Å². The Morgan fingerprint density at radius 3 is 2.61 bits per heavy atom. The minimum absolute atomic E-state index is 0.300. The van der Waals surface area contributed by atoms with Gasteiger partial charge >= 0.3 is 6.03 Å². The summed E-state index contributed by atoms with van der Waals surface area (Å²) in [5, 5.41) is 2.71. The molecule has 8 heteroatoms. The fourth-order valence-corrected chi connectivity index (χ4v) is 4.18. The van der Waals surface area contributed by atoms with Gasteiger partial charge < -0.3 is 10.2 Å². The van der Waals surface area contributed by atoms with Crippen LogP contribution in [0.5, 0.6) is 0 Å². The number of benzene rings is 1. The van der Waals surface area contributed by atoms with Crippen LogP contribution in [0, 0.1) is 0 Å². The second-order valence-electron chi connectivity index (χ2n) is 6.58. The summed E-state index contributed by atoms with van der Waals surface area (Å²) in [5.74, 6) is -0.792. The maximum atomic E-state index is 13.0. The van der Waals surface area contributed by atoms with Gasteiger partial charge in [-0.15, -0.1) is 17.9 Å². The van der Waals surface area contributed by atoms with Gasteiger partial charge in [0.1, 0.15) is 12.1 Å². The van der Waals surface area contributed by atoms with Crippen LogP contribution in [-0.4, -0.2) is 40.7 Å². The SMILES string of the molecule is C=CCN(Cc1ccc(Cl)s1)C(=O)CN1C(=O)N[C@@](C)(c2ccccc2)C1=O. The number of carbonyl (C=O) groups excluding carboxylic acids is 3. The molecule has 4 amide bonds. The molecule has 3 rings (SSSR count). The Morgan fingerprint density at radius 2 is 2.00 bits per heavy atom. The highest BCUT2D eigenvalue weighted by atomic mass is 35.5. The number of thiophene rings is 1. The van der Waals surface area contributed by atoms with Crippen molar-refractivity contribution in [2.24, 2.45) is 0 Å². The molecule has 2 heterocycles. The molecule has 1 aromatic heterocycles. The van der Waals surface area contributed by atoms with Gasteiger partial charge in [-0.25, -0.2) is 4.79 Å². The number of hydrogen-bond acceptors (Lipinski definition) is 4. The van der Waals surface area contributed by atoms with Crippen LogP contribution in [-0.2, 0) is 21.7 Å². The van der Waals surface area contributed by atoms with Crippen LogP contribution in [0.2, 0.25) is 4.34 Å². The lowest BCUT2D eigenvalue weighted by molar-refractivity contribution is -0.138. The van der Waals surface area contributed by atoms with Crippen molar-refractivity contribution in [1.82, 2.24) is 15.1 Å². The molecule has 0 bridgehead atoms. The number of hydrogen-bond donors (Lipinski definition) is 1. The van der Waals surface area contributed by atoms with Gasteiger partial charge in [0.25, 0.3) is 5.91 Å². The number of imide groups is 1. The zero-order valence-electron chi connectivity index (χ0n) is 15.4. The van der Waals surface area contributed by atoms with E-state index >= 15 is 0 Å². The largest absolute Gasteiger partial charge is 0.332 e. The maximum Gasteiger partial charge on any atom is 0.325 e. The molecular formula is C20H20ClN3O3S. The summed E-state index contributed by atoms with van der Waals surface area (Å²) in [6.45, 7) is 5.62. The van der Waals surface area contributed by atoms with Crippen molar-refractivity contribution in [3.05, 3.63) is 69.9 Å². The summed E-state index contributed by atoms with van der Waals surface area (Å²) in [6.07, 6.45) is 1.60. The van der Waals surface area contributed by atoms with E-state index < -0.39 is 17.5 Å². The zero-order valence-corrected chi connectivity index (χ0v) is 16.9. The van der Waals surface area contributed by atoms with Crippen molar-refractivity contribution in [3.8, 4) is 0 Å². The van der Waals surface area contributed by atoms with Crippen LogP contribution in [0.3, 0.4) is 0 Å². The number of urea groups is 1. The third kappa shape index (κ3) is 3.95. The lowest BCUT2D eigenvalue weighted by Gasteiger charge is -2.24. The van der Waals surface area contributed by atoms with Crippen LogP contribution >= 0.6 is 22.9 Å². The monoisotopic (exact) mass is 417 g/mol. The predicted octanol–water partition coefficient (Wildman–Crippen LogP) is 3.38. The second kappa shape index (κ2) is 8.16. The van der Waals surface area contributed by atoms with E-state index in [1.165, 1.54) is 16.2 Å². The number of carbonyl (C=O) groups is 3. The Morgan fingerprint density at radius 1 is 1.29 bits per heavy atom. The Labute approximate surface area is 172 Å². The maximum absolute atomic E-state index is 13.0. The van der Waals surface area contributed by atoms with E-state index in [0.29, 0.717) is 23.0 Å². The number of halogens is 1. The molecule has 0 radical (unpaired) electrons. The van der Waals surface area contributed by atoms with Crippen molar-refractivity contribution in [1.29, 1.82) is 0 Å². The fourth-order valence-electron chi connectivity index (χ4n) is 3.08. The molecule has 1 saturated heterocycles. The van der Waals surface area contributed by atoms with Crippen molar-refractivity contribution < 1.29 is 14.4 Å². The molecule has 0 saturated carbocycles. The van der Waals surface area contributed by atoms with Gasteiger partial charge in [-0.3, -0.25) is 14.5 Å². The first-order valence-corrected chi connectivity index (χ1v) is 9.87. The van der Waals surface area contributed by atoms with E-state index in [1.54, 1.807) is 43.3 Å². The van der Waals surface area contributed by atoms with Crippen molar-refractivity contribution in [2.45, 2.75) is 19.0 Å². The average Bonchev–Trinajstić information content (AvgIpc) is 3.18. The van der Waals surface area contributed by atoms with Crippen LogP contribution in [0.15, 0.2) is 55.1 Å². The Balaban J connectivity index is 1.75. The lowest BCUT2D eigenvalue weighted by Crippen LogP contribution is -2.44. The summed E-state index contributed by atoms with van der Waals surface area (Å²) < 4.78 is 0.633. The van der Waals surface area contributed by atoms with E-state index in [0.717, 1.165) is 9.78 Å². The molecule has 1 aromatic carbocycles. The second-order valence-corrected chi connectivity index (χ2v) is 8.38. The number of rotatable bonds is 7. The highest BCUT2D eigenvalue weighted by molar-refractivity contribution is 7.16. The van der Waals surface area contributed by atoms with Crippen molar-refractivity contribution in [2.75, 3.05) is 13.1 Å². The minimum Gasteiger partial charge on any atom is -0.332 e. The van der Waals surface area contributed by atoms with E-state index in [9.17, 15) is 14.4 Å². The normalized spacial score (nSPS) is 18.9. The first kappa shape index (κ1) is 20.1. The van der Waals surface area contributed by atoms with Gasteiger partial charge in [0.15, 0.2) is 0 Å². The molecule has 0 unspecified atom stereocenters. The highest BCUT2D eigenvalue weighted by Crippen LogP contribution is 2.29. The van der Waals surface area contributed by atoms with Gasteiger partial charge in [0.05, 0.1) is 10.9 Å².